The summed E-state index contributed by atoms with van der Waals surface area (Å²) in [5.74, 6) is 0.468. The molecule has 1 aliphatic heterocycles. The van der Waals surface area contributed by atoms with E-state index in [2.05, 4.69) is 24.2 Å². The Balaban J connectivity index is 1.67. The number of rotatable bonds is 21. The van der Waals surface area contributed by atoms with Gasteiger partial charge in [-0.25, -0.2) is 17.7 Å². The number of hydrogen-bond acceptors (Lipinski definition) is 10. The molecule has 0 radical (unpaired) electrons. The zero-order valence-electron chi connectivity index (χ0n) is 29.9. The highest BCUT2D eigenvalue weighted by atomic mass is 32.2. The first kappa shape index (κ1) is 40.7. The van der Waals surface area contributed by atoms with Crippen LogP contribution in [-0.2, 0) is 34.4 Å². The molecular weight excluding hydrogens is 713 g/mol. The van der Waals surface area contributed by atoms with Crippen molar-refractivity contribution in [3.8, 4) is 22.5 Å². The van der Waals surface area contributed by atoms with Crippen molar-refractivity contribution >= 4 is 36.8 Å². The quantitative estimate of drug-likeness (QED) is 0.0228. The van der Waals surface area contributed by atoms with Gasteiger partial charge in [-0.1, -0.05) is 5.11 Å². The molecular formula is C35H47N6O9S2+. The van der Waals surface area contributed by atoms with E-state index in [-0.39, 0.29) is 43.4 Å². The molecule has 0 amide bonds. The summed E-state index contributed by atoms with van der Waals surface area (Å²) in [4.78, 5) is 4.16. The van der Waals surface area contributed by atoms with Crippen molar-refractivity contribution in [2.75, 3.05) is 83.8 Å². The summed E-state index contributed by atoms with van der Waals surface area (Å²) < 4.78 is 90.3. The van der Waals surface area contributed by atoms with E-state index in [9.17, 15) is 21.4 Å². The lowest BCUT2D eigenvalue weighted by Crippen LogP contribution is -2.29. The Morgan fingerprint density at radius 3 is 2.15 bits per heavy atom. The Kier molecular flexibility index (Phi) is 15.0. The highest BCUT2D eigenvalue weighted by Crippen LogP contribution is 2.43. The van der Waals surface area contributed by atoms with E-state index in [1.165, 1.54) is 6.07 Å². The van der Waals surface area contributed by atoms with Crippen molar-refractivity contribution in [3.05, 3.63) is 70.4 Å². The van der Waals surface area contributed by atoms with Gasteiger partial charge in [-0.2, -0.15) is 8.42 Å². The molecule has 0 bridgehead atoms. The molecule has 0 fully saturated rings. The van der Waals surface area contributed by atoms with Gasteiger partial charge in [-0.15, -0.1) is 0 Å². The van der Waals surface area contributed by atoms with Crippen LogP contribution in [0.15, 0.2) is 73.9 Å². The van der Waals surface area contributed by atoms with Crippen LogP contribution < -0.4 is 19.6 Å². The molecule has 2 aliphatic rings. The van der Waals surface area contributed by atoms with Crippen molar-refractivity contribution < 1.29 is 40.0 Å². The fourth-order valence-corrected chi connectivity index (χ4v) is 7.57. The number of nitrogens with one attached hydrogen (secondary N) is 1. The molecule has 0 atom stereocenters. The first-order valence-corrected chi connectivity index (χ1v) is 20.1. The molecule has 2 aromatic carbocycles. The second-order valence-electron chi connectivity index (χ2n) is 11.5. The van der Waals surface area contributed by atoms with Crippen LogP contribution in [0, 0.1) is 0 Å². The molecule has 2 aromatic rings. The fraction of sp³-hybridized carbons (Fsp3) is 0.457. The van der Waals surface area contributed by atoms with Crippen LogP contribution in [0.5, 0.6) is 0 Å². The number of fused-ring (bicyclic) bond motifs is 2. The van der Waals surface area contributed by atoms with E-state index in [0.29, 0.717) is 47.7 Å². The van der Waals surface area contributed by atoms with Crippen LogP contribution in [-0.4, -0.2) is 100 Å². The van der Waals surface area contributed by atoms with Crippen LogP contribution in [0.4, 0.5) is 5.69 Å². The molecule has 17 heteroatoms. The molecule has 0 aromatic heterocycles. The van der Waals surface area contributed by atoms with Crippen LogP contribution in [0.25, 0.3) is 43.9 Å². The molecule has 52 heavy (non-hydrogen) atoms. The Morgan fingerprint density at radius 1 is 0.846 bits per heavy atom. The van der Waals surface area contributed by atoms with Crippen molar-refractivity contribution in [2.24, 2.45) is 5.11 Å². The minimum Gasteiger partial charge on any atom is -0.456 e. The predicted molar refractivity (Wildman–Crippen MR) is 200 cm³/mol. The molecule has 0 unspecified atom stereocenters. The number of nitrogens with zero attached hydrogens (tertiary/aromatic N) is 5. The third-order valence-corrected chi connectivity index (χ3v) is 10.8. The molecule has 4 rings (SSSR count). The third-order valence-electron chi connectivity index (χ3n) is 8.44. The van der Waals surface area contributed by atoms with E-state index in [1.807, 2.05) is 64.1 Å². The molecule has 1 aliphatic carbocycles. The second kappa shape index (κ2) is 19.1. The lowest BCUT2D eigenvalue weighted by molar-refractivity contribution is 0.0171. The monoisotopic (exact) mass is 759 g/mol. The van der Waals surface area contributed by atoms with Crippen molar-refractivity contribution in [3.63, 3.8) is 0 Å². The average molecular weight is 760 g/mol. The number of benzene rings is 3. The largest absolute Gasteiger partial charge is 0.456 e. The number of ether oxygens (including phenoxy) is 3. The summed E-state index contributed by atoms with van der Waals surface area (Å²) in [6.45, 7) is 12.9. The standard InChI is InChI=1S/C35H46N6O9S2/c1-5-40(6-2)26-9-12-29-32(23-26)50-33-24-27(41(7-3)8-4)10-13-30(33)35(29)31-25-28(11-14-34(31)52(44,45)46)51(42,43)38-16-18-48-20-22-49-21-19-47-17-15-37-39-36/h9-14,23-25,38H,5-8,15-22H2,1-4H3/p+1. The maximum Gasteiger partial charge on any atom is 0.295 e. The smallest absolute Gasteiger partial charge is 0.295 e. The van der Waals surface area contributed by atoms with Crippen LogP contribution in [0.1, 0.15) is 27.7 Å². The maximum absolute atomic E-state index is 13.5. The van der Waals surface area contributed by atoms with Crippen molar-refractivity contribution in [1.82, 2.24) is 9.30 Å². The van der Waals surface area contributed by atoms with E-state index in [0.717, 1.165) is 49.4 Å². The highest BCUT2D eigenvalue weighted by molar-refractivity contribution is 7.89. The topological polar surface area (TPSA) is 196 Å². The van der Waals surface area contributed by atoms with E-state index >= 15 is 0 Å². The van der Waals surface area contributed by atoms with Gasteiger partial charge in [0.1, 0.15) is 29.3 Å². The molecule has 2 N–H and O–H groups in total. The zero-order valence-corrected chi connectivity index (χ0v) is 31.6. The lowest BCUT2D eigenvalue weighted by Gasteiger charge is -2.23. The average Bonchev–Trinajstić information content (AvgIpc) is 3.12. The van der Waals surface area contributed by atoms with Gasteiger partial charge in [0.05, 0.1) is 50.6 Å². The number of azide groups is 1. The van der Waals surface area contributed by atoms with Gasteiger partial charge in [0.25, 0.3) is 10.1 Å². The van der Waals surface area contributed by atoms with Gasteiger partial charge >= 0.3 is 0 Å². The van der Waals surface area contributed by atoms with Crippen molar-refractivity contribution in [2.45, 2.75) is 37.5 Å². The summed E-state index contributed by atoms with van der Waals surface area (Å²) in [6, 6.07) is 14.8. The Hall–Kier alpha value is -4.06. The maximum atomic E-state index is 13.5. The summed E-state index contributed by atoms with van der Waals surface area (Å²) in [5, 5.41) is 4.82. The van der Waals surface area contributed by atoms with Gasteiger partial charge in [0, 0.05) is 71.0 Å². The second-order valence-corrected chi connectivity index (χ2v) is 14.7. The summed E-state index contributed by atoms with van der Waals surface area (Å²) in [6.07, 6.45) is 0. The van der Waals surface area contributed by atoms with Gasteiger partial charge in [0.2, 0.25) is 15.4 Å². The van der Waals surface area contributed by atoms with E-state index in [4.69, 9.17) is 24.2 Å². The van der Waals surface area contributed by atoms with Crippen LogP contribution in [0.3, 0.4) is 0 Å². The van der Waals surface area contributed by atoms with Crippen molar-refractivity contribution in [1.29, 1.82) is 0 Å². The summed E-state index contributed by atoms with van der Waals surface area (Å²) >= 11 is 0. The molecule has 282 valence electrons. The Bertz CT molecular complexity index is 2120. The highest BCUT2D eigenvalue weighted by Gasteiger charge is 2.27. The van der Waals surface area contributed by atoms with Gasteiger partial charge in [-0.3, -0.25) is 4.55 Å². The Morgan fingerprint density at radius 2 is 1.52 bits per heavy atom. The number of hydrogen-bond donors (Lipinski definition) is 2. The van der Waals surface area contributed by atoms with E-state index < -0.39 is 25.0 Å². The van der Waals surface area contributed by atoms with Crippen LogP contribution in [0.2, 0.25) is 0 Å². The predicted octanol–water partition coefficient (Wildman–Crippen LogP) is 4.75. The molecule has 1 heterocycles. The van der Waals surface area contributed by atoms with Gasteiger partial charge in [-0.05, 0) is 69.6 Å². The lowest BCUT2D eigenvalue weighted by atomic mass is 9.93. The summed E-state index contributed by atoms with van der Waals surface area (Å²) in [5.41, 5.74) is 10.6. The van der Waals surface area contributed by atoms with Gasteiger partial charge in [0.15, 0.2) is 0 Å². The van der Waals surface area contributed by atoms with Crippen LogP contribution >= 0.6 is 0 Å². The zero-order chi connectivity index (χ0) is 37.7. The number of sulfonamides is 1. The fourth-order valence-electron chi connectivity index (χ4n) is 5.85. The first-order valence-electron chi connectivity index (χ1n) is 17.2. The van der Waals surface area contributed by atoms with E-state index in [1.54, 1.807) is 0 Å². The molecule has 15 nitrogen and oxygen atoms in total. The SMILES string of the molecule is CCN(CC)c1ccc2c(-c3cc(S(=O)(=O)NCCOCCOCCOCCN=[N+]=[N-])ccc3S(=O)(=O)O)c3ccc(=[N+](CC)CC)cc-3oc2c1. The third kappa shape index (κ3) is 10.3. The normalized spacial score (nSPS) is 11.9. The minimum absolute atomic E-state index is 0.0116. The minimum atomic E-state index is -4.80. The summed E-state index contributed by atoms with van der Waals surface area (Å²) in [7, 11) is -8.95. The number of anilines is 1. The molecule has 0 spiro atoms. The molecule has 0 saturated heterocycles. The van der Waals surface area contributed by atoms with Gasteiger partial charge < -0.3 is 23.5 Å². The Labute approximate surface area is 304 Å². The molecule has 0 saturated carbocycles. The first-order chi connectivity index (χ1) is 25.0.